The summed E-state index contributed by atoms with van der Waals surface area (Å²) in [7, 11) is 0. The van der Waals surface area contributed by atoms with Gasteiger partial charge in [0, 0.05) is 19.7 Å². The van der Waals surface area contributed by atoms with Gasteiger partial charge in [-0.25, -0.2) is 4.79 Å². The third-order valence-electron chi connectivity index (χ3n) is 4.34. The molecule has 2 N–H and O–H groups in total. The smallest absolute Gasteiger partial charge is 0.410 e. The maximum atomic E-state index is 12.1. The molecule has 1 heterocycles. The average molecular weight is 328 g/mol. The number of hydrogen-bond donors (Lipinski definition) is 2. The minimum atomic E-state index is -0.441. The maximum absolute atomic E-state index is 12.1. The van der Waals surface area contributed by atoms with E-state index in [0.717, 1.165) is 45.4 Å². The number of amides is 1. The van der Waals surface area contributed by atoms with Gasteiger partial charge in [-0.15, -0.1) is 0 Å². The van der Waals surface area contributed by atoms with Crippen molar-refractivity contribution in [2.24, 2.45) is 17.8 Å². The van der Waals surface area contributed by atoms with Crippen molar-refractivity contribution in [1.82, 2.24) is 10.2 Å². The molecule has 0 aromatic rings. The lowest BCUT2D eigenvalue weighted by Crippen LogP contribution is -2.43. The molecule has 1 atom stereocenters. The Morgan fingerprint density at radius 1 is 1.30 bits per heavy atom. The van der Waals surface area contributed by atoms with Crippen LogP contribution in [0.3, 0.4) is 0 Å². The highest BCUT2D eigenvalue weighted by Crippen LogP contribution is 2.27. The summed E-state index contributed by atoms with van der Waals surface area (Å²) in [4.78, 5) is 13.9. The molecule has 0 saturated carbocycles. The summed E-state index contributed by atoms with van der Waals surface area (Å²) in [5, 5.41) is 13.1. The summed E-state index contributed by atoms with van der Waals surface area (Å²) in [6.07, 6.45) is 2.69. The van der Waals surface area contributed by atoms with Crippen LogP contribution in [-0.2, 0) is 4.74 Å². The molecule has 23 heavy (non-hydrogen) atoms. The molecule has 1 saturated heterocycles. The number of likely N-dealkylation sites (tertiary alicyclic amines) is 1. The highest BCUT2D eigenvalue weighted by molar-refractivity contribution is 5.68. The van der Waals surface area contributed by atoms with E-state index in [0.29, 0.717) is 17.8 Å². The molecule has 1 unspecified atom stereocenters. The van der Waals surface area contributed by atoms with Crippen molar-refractivity contribution in [3.63, 3.8) is 0 Å². The first-order chi connectivity index (χ1) is 10.7. The molecule has 1 aliphatic rings. The third kappa shape index (κ3) is 8.02. The topological polar surface area (TPSA) is 61.8 Å². The molecule has 1 aliphatic heterocycles. The van der Waals surface area contributed by atoms with Crippen LogP contribution in [0.4, 0.5) is 4.79 Å². The number of nitrogens with one attached hydrogen (secondary N) is 1. The van der Waals surface area contributed by atoms with Gasteiger partial charge in [0.2, 0.25) is 0 Å². The summed E-state index contributed by atoms with van der Waals surface area (Å²) in [6.45, 7) is 13.7. The van der Waals surface area contributed by atoms with Crippen molar-refractivity contribution in [2.75, 3.05) is 32.8 Å². The van der Waals surface area contributed by atoms with E-state index in [1.165, 1.54) is 0 Å². The zero-order valence-electron chi connectivity index (χ0n) is 15.6. The van der Waals surface area contributed by atoms with E-state index in [-0.39, 0.29) is 12.7 Å². The first-order valence-electron chi connectivity index (χ1n) is 9.02. The average Bonchev–Trinajstić information content (AvgIpc) is 2.45. The lowest BCUT2D eigenvalue weighted by Gasteiger charge is -2.36. The molecule has 0 bridgehead atoms. The zero-order valence-corrected chi connectivity index (χ0v) is 15.6. The van der Waals surface area contributed by atoms with E-state index in [4.69, 9.17) is 4.74 Å². The van der Waals surface area contributed by atoms with E-state index in [1.807, 2.05) is 20.8 Å². The van der Waals surface area contributed by atoms with Crippen LogP contribution in [0.5, 0.6) is 0 Å². The summed E-state index contributed by atoms with van der Waals surface area (Å²) < 4.78 is 5.43. The number of rotatable bonds is 7. The molecule has 5 nitrogen and oxygen atoms in total. The number of piperidine rings is 1. The molecule has 1 fully saturated rings. The first-order valence-corrected chi connectivity index (χ1v) is 9.02. The van der Waals surface area contributed by atoms with Gasteiger partial charge in [-0.1, -0.05) is 13.8 Å². The highest BCUT2D eigenvalue weighted by atomic mass is 16.6. The van der Waals surface area contributed by atoms with Gasteiger partial charge in [0.05, 0.1) is 0 Å². The molecular formula is C18H36N2O3. The van der Waals surface area contributed by atoms with E-state index in [9.17, 15) is 9.90 Å². The van der Waals surface area contributed by atoms with Gasteiger partial charge < -0.3 is 20.1 Å². The van der Waals surface area contributed by atoms with Gasteiger partial charge >= 0.3 is 6.09 Å². The molecule has 0 spiro atoms. The number of aliphatic hydroxyl groups excluding tert-OH is 1. The molecular weight excluding hydrogens is 292 g/mol. The molecule has 136 valence electrons. The Bertz CT molecular complexity index is 345. The number of carbonyl (C=O) groups is 1. The summed E-state index contributed by atoms with van der Waals surface area (Å²) in [5.74, 6) is 1.48. The predicted octanol–water partition coefficient (Wildman–Crippen LogP) is 2.88. The van der Waals surface area contributed by atoms with Crippen molar-refractivity contribution in [3.8, 4) is 0 Å². The third-order valence-corrected chi connectivity index (χ3v) is 4.34. The predicted molar refractivity (Wildman–Crippen MR) is 93.4 cm³/mol. The number of nitrogens with zero attached hydrogens (tertiary/aromatic N) is 1. The zero-order chi connectivity index (χ0) is 17.5. The van der Waals surface area contributed by atoms with Crippen molar-refractivity contribution in [2.45, 2.75) is 59.5 Å². The number of aliphatic hydroxyl groups is 1. The van der Waals surface area contributed by atoms with Crippen molar-refractivity contribution in [1.29, 1.82) is 0 Å². The summed E-state index contributed by atoms with van der Waals surface area (Å²) in [6, 6.07) is 0. The second-order valence-electron chi connectivity index (χ2n) is 8.13. The van der Waals surface area contributed by atoms with Crippen LogP contribution in [0.25, 0.3) is 0 Å². The van der Waals surface area contributed by atoms with Crippen LogP contribution in [-0.4, -0.2) is 54.5 Å². The molecule has 0 aromatic heterocycles. The van der Waals surface area contributed by atoms with E-state index < -0.39 is 5.60 Å². The van der Waals surface area contributed by atoms with Gasteiger partial charge in [0.15, 0.2) is 0 Å². The van der Waals surface area contributed by atoms with Gasteiger partial charge in [0.1, 0.15) is 5.60 Å². The Balaban J connectivity index is 2.33. The molecule has 1 rings (SSSR count). The quantitative estimate of drug-likeness (QED) is 0.706. The normalized spacial score (nSPS) is 18.3. The standard InChI is InChI=1S/C18H36N2O3/c1-14(2)12-19-9-6-16(13-21)15-7-10-20(11-8-15)17(22)23-18(3,4)5/h14-16,19,21H,6-13H2,1-5H3. The number of carbonyl (C=O) groups excluding carboxylic acids is 1. The Morgan fingerprint density at radius 3 is 2.39 bits per heavy atom. The van der Waals surface area contributed by atoms with Crippen LogP contribution >= 0.6 is 0 Å². The Hall–Kier alpha value is -0.810. The minimum Gasteiger partial charge on any atom is -0.444 e. The van der Waals surface area contributed by atoms with Gasteiger partial charge in [-0.05, 0) is 70.9 Å². The first kappa shape index (κ1) is 20.2. The van der Waals surface area contributed by atoms with Crippen LogP contribution in [0.2, 0.25) is 0 Å². The largest absolute Gasteiger partial charge is 0.444 e. The maximum Gasteiger partial charge on any atom is 0.410 e. The fourth-order valence-corrected chi connectivity index (χ4v) is 3.03. The molecule has 1 amide bonds. The molecule has 0 aliphatic carbocycles. The molecule has 5 heteroatoms. The highest BCUT2D eigenvalue weighted by Gasteiger charge is 2.30. The van der Waals surface area contributed by atoms with E-state index in [2.05, 4.69) is 19.2 Å². The fraction of sp³-hybridized carbons (Fsp3) is 0.944. The fourth-order valence-electron chi connectivity index (χ4n) is 3.03. The van der Waals surface area contributed by atoms with Crippen LogP contribution in [0, 0.1) is 17.8 Å². The molecule has 0 radical (unpaired) electrons. The van der Waals surface area contributed by atoms with E-state index >= 15 is 0 Å². The second-order valence-corrected chi connectivity index (χ2v) is 8.13. The Morgan fingerprint density at radius 2 is 1.91 bits per heavy atom. The Labute approximate surface area is 141 Å². The Kier molecular flexibility index (Phi) is 8.34. The van der Waals surface area contributed by atoms with Crippen LogP contribution in [0.15, 0.2) is 0 Å². The van der Waals surface area contributed by atoms with Crippen LogP contribution in [0.1, 0.15) is 53.9 Å². The van der Waals surface area contributed by atoms with Crippen molar-refractivity contribution < 1.29 is 14.6 Å². The number of hydrogen-bond acceptors (Lipinski definition) is 4. The van der Waals surface area contributed by atoms with Gasteiger partial charge in [-0.3, -0.25) is 0 Å². The van der Waals surface area contributed by atoms with Crippen LogP contribution < -0.4 is 5.32 Å². The van der Waals surface area contributed by atoms with Gasteiger partial charge in [-0.2, -0.15) is 0 Å². The summed E-state index contributed by atoms with van der Waals surface area (Å²) >= 11 is 0. The SMILES string of the molecule is CC(C)CNCCC(CO)C1CCN(C(=O)OC(C)(C)C)CC1. The van der Waals surface area contributed by atoms with E-state index in [1.54, 1.807) is 4.90 Å². The monoisotopic (exact) mass is 328 g/mol. The van der Waals surface area contributed by atoms with Gasteiger partial charge in [0.25, 0.3) is 0 Å². The molecule has 0 aromatic carbocycles. The lowest BCUT2D eigenvalue weighted by molar-refractivity contribution is 0.0138. The van der Waals surface area contributed by atoms with Crippen molar-refractivity contribution >= 4 is 6.09 Å². The minimum absolute atomic E-state index is 0.213. The lowest BCUT2D eigenvalue weighted by atomic mass is 9.83. The number of ether oxygens (including phenoxy) is 1. The summed E-state index contributed by atoms with van der Waals surface area (Å²) in [5.41, 5.74) is -0.441. The second kappa shape index (κ2) is 9.48. The van der Waals surface area contributed by atoms with Crippen molar-refractivity contribution in [3.05, 3.63) is 0 Å².